The molecule has 0 bridgehead atoms. The van der Waals surface area contributed by atoms with Gasteiger partial charge in [-0.3, -0.25) is 4.79 Å². The van der Waals surface area contributed by atoms with Crippen LogP contribution >= 0.6 is 0 Å². The minimum Gasteiger partial charge on any atom is -0.354 e. The SMILES string of the molecule is CC(C)NC(=O)CCN[C@H](C)c1cccc(F)c1. The lowest BCUT2D eigenvalue weighted by Gasteiger charge is -2.14. The summed E-state index contributed by atoms with van der Waals surface area (Å²) in [7, 11) is 0. The average Bonchev–Trinajstić information content (AvgIpc) is 2.27. The molecule has 1 aromatic carbocycles. The fraction of sp³-hybridized carbons (Fsp3) is 0.500. The topological polar surface area (TPSA) is 41.1 Å². The van der Waals surface area contributed by atoms with Gasteiger partial charge in [0, 0.05) is 25.0 Å². The molecule has 0 spiro atoms. The van der Waals surface area contributed by atoms with E-state index < -0.39 is 0 Å². The summed E-state index contributed by atoms with van der Waals surface area (Å²) in [6.45, 7) is 6.40. The van der Waals surface area contributed by atoms with E-state index in [1.165, 1.54) is 12.1 Å². The molecule has 4 heteroatoms. The minimum atomic E-state index is -0.237. The molecule has 18 heavy (non-hydrogen) atoms. The van der Waals surface area contributed by atoms with Gasteiger partial charge in [0.1, 0.15) is 5.82 Å². The van der Waals surface area contributed by atoms with Crippen molar-refractivity contribution in [2.75, 3.05) is 6.54 Å². The van der Waals surface area contributed by atoms with E-state index in [-0.39, 0.29) is 23.8 Å². The number of hydrogen-bond donors (Lipinski definition) is 2. The Labute approximate surface area is 108 Å². The van der Waals surface area contributed by atoms with E-state index in [1.54, 1.807) is 6.07 Å². The Bertz CT molecular complexity index is 393. The number of benzene rings is 1. The average molecular weight is 252 g/mol. The minimum absolute atomic E-state index is 0.0314. The molecular weight excluding hydrogens is 231 g/mol. The van der Waals surface area contributed by atoms with Gasteiger partial charge in [0.2, 0.25) is 5.91 Å². The van der Waals surface area contributed by atoms with E-state index in [1.807, 2.05) is 26.8 Å². The molecule has 0 unspecified atom stereocenters. The Morgan fingerprint density at radius 2 is 2.06 bits per heavy atom. The number of hydrogen-bond acceptors (Lipinski definition) is 2. The summed E-state index contributed by atoms with van der Waals surface area (Å²) >= 11 is 0. The zero-order valence-electron chi connectivity index (χ0n) is 11.2. The highest BCUT2D eigenvalue weighted by Crippen LogP contribution is 2.13. The predicted octanol–water partition coefficient (Wildman–Crippen LogP) is 2.39. The Morgan fingerprint density at radius 3 is 2.67 bits per heavy atom. The standard InChI is InChI=1S/C14H21FN2O/c1-10(2)17-14(18)7-8-16-11(3)12-5-4-6-13(15)9-12/h4-6,9-11,16H,7-8H2,1-3H3,(H,17,18)/t11-/m1/s1. The summed E-state index contributed by atoms with van der Waals surface area (Å²) in [5.74, 6) is -0.206. The fourth-order valence-electron chi connectivity index (χ4n) is 1.69. The number of rotatable bonds is 6. The molecule has 3 nitrogen and oxygen atoms in total. The zero-order valence-corrected chi connectivity index (χ0v) is 11.2. The maximum atomic E-state index is 13.0. The molecule has 0 fully saturated rings. The third kappa shape index (κ3) is 5.27. The molecule has 0 radical (unpaired) electrons. The van der Waals surface area contributed by atoms with E-state index in [9.17, 15) is 9.18 Å². The van der Waals surface area contributed by atoms with Crippen LogP contribution in [0.1, 0.15) is 38.8 Å². The Hall–Kier alpha value is -1.42. The van der Waals surface area contributed by atoms with Gasteiger partial charge in [0.05, 0.1) is 0 Å². The molecule has 0 heterocycles. The normalized spacial score (nSPS) is 12.5. The van der Waals surface area contributed by atoms with E-state index in [4.69, 9.17) is 0 Å². The van der Waals surface area contributed by atoms with Gasteiger partial charge in [0.15, 0.2) is 0 Å². The van der Waals surface area contributed by atoms with E-state index >= 15 is 0 Å². The highest BCUT2D eigenvalue weighted by atomic mass is 19.1. The van der Waals surface area contributed by atoms with Crippen LogP contribution in [0.25, 0.3) is 0 Å². The molecule has 1 aromatic rings. The van der Waals surface area contributed by atoms with Crippen LogP contribution in [-0.2, 0) is 4.79 Å². The van der Waals surface area contributed by atoms with Crippen LogP contribution in [-0.4, -0.2) is 18.5 Å². The summed E-state index contributed by atoms with van der Waals surface area (Å²) in [4.78, 5) is 11.4. The smallest absolute Gasteiger partial charge is 0.221 e. The van der Waals surface area contributed by atoms with Crippen molar-refractivity contribution in [2.45, 2.75) is 39.3 Å². The van der Waals surface area contributed by atoms with Crippen LogP contribution in [0.3, 0.4) is 0 Å². The zero-order chi connectivity index (χ0) is 13.5. The van der Waals surface area contributed by atoms with Crippen molar-refractivity contribution in [2.24, 2.45) is 0 Å². The van der Waals surface area contributed by atoms with E-state index in [0.29, 0.717) is 13.0 Å². The first kappa shape index (κ1) is 14.6. The number of nitrogens with one attached hydrogen (secondary N) is 2. The largest absolute Gasteiger partial charge is 0.354 e. The molecular formula is C14H21FN2O. The molecule has 1 amide bonds. The Balaban J connectivity index is 2.33. The molecule has 0 saturated heterocycles. The Morgan fingerprint density at radius 1 is 1.33 bits per heavy atom. The van der Waals surface area contributed by atoms with Crippen molar-refractivity contribution in [3.63, 3.8) is 0 Å². The van der Waals surface area contributed by atoms with E-state index in [2.05, 4.69) is 10.6 Å². The van der Waals surface area contributed by atoms with Gasteiger partial charge in [-0.1, -0.05) is 12.1 Å². The summed E-state index contributed by atoms with van der Waals surface area (Å²) in [6.07, 6.45) is 0.428. The second kappa shape index (κ2) is 7.11. The second-order valence-electron chi connectivity index (χ2n) is 4.70. The van der Waals surface area contributed by atoms with Gasteiger partial charge in [-0.2, -0.15) is 0 Å². The highest BCUT2D eigenvalue weighted by molar-refractivity contribution is 5.76. The number of amides is 1. The fourth-order valence-corrected chi connectivity index (χ4v) is 1.69. The molecule has 0 aromatic heterocycles. The van der Waals surface area contributed by atoms with Crippen molar-refractivity contribution in [3.8, 4) is 0 Å². The van der Waals surface area contributed by atoms with Gasteiger partial charge in [0.25, 0.3) is 0 Å². The maximum Gasteiger partial charge on any atom is 0.221 e. The van der Waals surface area contributed by atoms with Crippen LogP contribution in [0, 0.1) is 5.82 Å². The van der Waals surface area contributed by atoms with Crippen molar-refractivity contribution in [1.29, 1.82) is 0 Å². The van der Waals surface area contributed by atoms with Crippen LogP contribution in [0.15, 0.2) is 24.3 Å². The summed E-state index contributed by atoms with van der Waals surface area (Å²) < 4.78 is 13.0. The van der Waals surface area contributed by atoms with Crippen LogP contribution in [0.2, 0.25) is 0 Å². The monoisotopic (exact) mass is 252 g/mol. The first-order valence-electron chi connectivity index (χ1n) is 6.27. The predicted molar refractivity (Wildman–Crippen MR) is 70.7 cm³/mol. The number of halogens is 1. The molecule has 0 aliphatic heterocycles. The summed E-state index contributed by atoms with van der Waals surface area (Å²) in [5.41, 5.74) is 0.888. The lowest BCUT2D eigenvalue weighted by molar-refractivity contribution is -0.121. The molecule has 0 aliphatic rings. The summed E-state index contributed by atoms with van der Waals surface area (Å²) in [5, 5.41) is 6.03. The number of carbonyl (C=O) groups excluding carboxylic acids is 1. The molecule has 0 saturated carbocycles. The quantitative estimate of drug-likeness (QED) is 0.816. The molecule has 1 rings (SSSR count). The van der Waals surface area contributed by atoms with Crippen molar-refractivity contribution < 1.29 is 9.18 Å². The highest BCUT2D eigenvalue weighted by Gasteiger charge is 2.07. The number of carbonyl (C=O) groups is 1. The molecule has 0 aliphatic carbocycles. The molecule has 1 atom stereocenters. The van der Waals surface area contributed by atoms with Crippen molar-refractivity contribution in [3.05, 3.63) is 35.6 Å². The first-order chi connectivity index (χ1) is 8.49. The lowest BCUT2D eigenvalue weighted by Crippen LogP contribution is -2.33. The third-order valence-electron chi connectivity index (χ3n) is 2.60. The van der Waals surface area contributed by atoms with Crippen LogP contribution < -0.4 is 10.6 Å². The van der Waals surface area contributed by atoms with Gasteiger partial charge in [-0.05, 0) is 38.5 Å². The maximum absolute atomic E-state index is 13.0. The van der Waals surface area contributed by atoms with Gasteiger partial charge in [-0.25, -0.2) is 4.39 Å². The van der Waals surface area contributed by atoms with Crippen LogP contribution in [0.5, 0.6) is 0 Å². The van der Waals surface area contributed by atoms with Crippen LogP contribution in [0.4, 0.5) is 4.39 Å². The van der Waals surface area contributed by atoms with E-state index in [0.717, 1.165) is 5.56 Å². The summed E-state index contributed by atoms with van der Waals surface area (Å²) in [6, 6.07) is 6.69. The molecule has 100 valence electrons. The first-order valence-corrected chi connectivity index (χ1v) is 6.27. The third-order valence-corrected chi connectivity index (χ3v) is 2.60. The van der Waals surface area contributed by atoms with Gasteiger partial charge >= 0.3 is 0 Å². The second-order valence-corrected chi connectivity index (χ2v) is 4.70. The molecule has 2 N–H and O–H groups in total. The lowest BCUT2D eigenvalue weighted by atomic mass is 10.1. The van der Waals surface area contributed by atoms with Gasteiger partial charge < -0.3 is 10.6 Å². The van der Waals surface area contributed by atoms with Crippen molar-refractivity contribution in [1.82, 2.24) is 10.6 Å². The van der Waals surface area contributed by atoms with Gasteiger partial charge in [-0.15, -0.1) is 0 Å². The Kier molecular flexibility index (Phi) is 5.78. The van der Waals surface area contributed by atoms with Crippen molar-refractivity contribution >= 4 is 5.91 Å².